The molecule has 0 saturated heterocycles. The van der Waals surface area contributed by atoms with E-state index < -0.39 is 0 Å². The Kier molecular flexibility index (Phi) is 7.45. The van der Waals surface area contributed by atoms with Gasteiger partial charge in [-0.2, -0.15) is 5.06 Å². The molecule has 0 bridgehead atoms. The molecule has 0 aromatic carbocycles. The summed E-state index contributed by atoms with van der Waals surface area (Å²) in [5.74, 6) is 0. The van der Waals surface area contributed by atoms with Crippen LogP contribution < -0.4 is 0 Å². The van der Waals surface area contributed by atoms with Crippen LogP contribution in [0.2, 0.25) is 0 Å². The highest BCUT2D eigenvalue weighted by molar-refractivity contribution is 4.56. The predicted molar refractivity (Wildman–Crippen MR) is 49.2 cm³/mol. The monoisotopic (exact) mass is 175 g/mol. The van der Waals surface area contributed by atoms with Crippen LogP contribution in [-0.4, -0.2) is 35.1 Å². The zero-order valence-electron chi connectivity index (χ0n) is 8.16. The van der Waals surface area contributed by atoms with Gasteiger partial charge in [0.1, 0.15) is 0 Å². The Hall–Kier alpha value is -0.120. The second-order valence-corrected chi connectivity index (χ2v) is 3.34. The molecule has 0 radical (unpaired) electrons. The lowest BCUT2D eigenvalue weighted by molar-refractivity contribution is -0.0909. The normalized spacial score (nSPS) is 13.8. The van der Waals surface area contributed by atoms with Gasteiger partial charge < -0.3 is 10.3 Å². The van der Waals surface area contributed by atoms with Gasteiger partial charge in [0.2, 0.25) is 0 Å². The first-order chi connectivity index (χ1) is 5.66. The van der Waals surface area contributed by atoms with Crippen molar-refractivity contribution in [2.24, 2.45) is 0 Å². The van der Waals surface area contributed by atoms with E-state index in [4.69, 9.17) is 5.21 Å². The van der Waals surface area contributed by atoms with Crippen LogP contribution in [0.4, 0.5) is 0 Å². The quantitative estimate of drug-likeness (QED) is 0.456. The first-order valence-electron chi connectivity index (χ1n) is 4.75. The number of likely N-dealkylation sites (N-methyl/N-ethyl adjacent to an activating group) is 1. The topological polar surface area (TPSA) is 43.7 Å². The van der Waals surface area contributed by atoms with Crippen molar-refractivity contribution in [3.63, 3.8) is 0 Å². The minimum Gasteiger partial charge on any atom is -0.392 e. The first-order valence-corrected chi connectivity index (χ1v) is 4.75. The summed E-state index contributed by atoms with van der Waals surface area (Å²) in [4.78, 5) is 0. The Bertz CT molecular complexity index is 96.5. The summed E-state index contributed by atoms with van der Waals surface area (Å²) < 4.78 is 0. The highest BCUT2D eigenvalue weighted by atomic mass is 16.5. The molecule has 0 rings (SSSR count). The summed E-state index contributed by atoms with van der Waals surface area (Å²) in [7, 11) is 1.55. The number of aliphatic hydroxyl groups is 1. The molecule has 0 aromatic rings. The van der Waals surface area contributed by atoms with Gasteiger partial charge in [-0.15, -0.1) is 0 Å². The van der Waals surface area contributed by atoms with Crippen molar-refractivity contribution in [3.05, 3.63) is 0 Å². The zero-order chi connectivity index (χ0) is 9.40. The Morgan fingerprint density at radius 2 is 1.92 bits per heavy atom. The second kappa shape index (κ2) is 7.53. The Morgan fingerprint density at radius 1 is 1.25 bits per heavy atom. The smallest absolute Gasteiger partial charge is 0.0690 e. The molecule has 0 spiro atoms. The van der Waals surface area contributed by atoms with Gasteiger partial charge in [0.15, 0.2) is 0 Å². The molecule has 0 heterocycles. The summed E-state index contributed by atoms with van der Waals surface area (Å²) >= 11 is 0. The molecule has 3 nitrogen and oxygen atoms in total. The van der Waals surface area contributed by atoms with E-state index in [1.54, 1.807) is 7.05 Å². The fourth-order valence-electron chi connectivity index (χ4n) is 1.20. The summed E-state index contributed by atoms with van der Waals surface area (Å²) in [5, 5.41) is 19.1. The number of hydrogen-bond donors (Lipinski definition) is 2. The molecule has 1 unspecified atom stereocenters. The van der Waals surface area contributed by atoms with Gasteiger partial charge in [0.05, 0.1) is 6.10 Å². The molecule has 0 saturated carbocycles. The zero-order valence-corrected chi connectivity index (χ0v) is 8.16. The summed E-state index contributed by atoms with van der Waals surface area (Å²) in [6, 6.07) is 0. The van der Waals surface area contributed by atoms with Gasteiger partial charge in [-0.1, -0.05) is 32.6 Å². The number of aliphatic hydroxyl groups excluding tert-OH is 1. The Morgan fingerprint density at radius 3 is 2.42 bits per heavy atom. The molecule has 0 aliphatic rings. The van der Waals surface area contributed by atoms with Gasteiger partial charge in [-0.3, -0.25) is 0 Å². The molecule has 0 fully saturated rings. The lowest BCUT2D eigenvalue weighted by atomic mass is 10.1. The minimum atomic E-state index is -0.378. The van der Waals surface area contributed by atoms with E-state index in [0.29, 0.717) is 6.54 Å². The highest BCUT2D eigenvalue weighted by Gasteiger charge is 2.05. The molecule has 74 valence electrons. The molecule has 12 heavy (non-hydrogen) atoms. The lowest BCUT2D eigenvalue weighted by Gasteiger charge is -2.13. The molecular formula is C9H21NO2. The van der Waals surface area contributed by atoms with Crippen molar-refractivity contribution in [2.75, 3.05) is 13.6 Å². The predicted octanol–water partition coefficient (Wildman–Crippen LogP) is 1.64. The van der Waals surface area contributed by atoms with Crippen molar-refractivity contribution in [1.82, 2.24) is 5.06 Å². The Balaban J connectivity index is 3.14. The van der Waals surface area contributed by atoms with Gasteiger partial charge >= 0.3 is 0 Å². The largest absolute Gasteiger partial charge is 0.392 e. The average molecular weight is 175 g/mol. The van der Waals surface area contributed by atoms with Crippen LogP contribution in [-0.2, 0) is 0 Å². The van der Waals surface area contributed by atoms with Gasteiger partial charge in [0, 0.05) is 13.6 Å². The van der Waals surface area contributed by atoms with E-state index in [1.807, 2.05) is 0 Å². The molecule has 0 aromatic heterocycles. The molecule has 1 atom stereocenters. The standard InChI is InChI=1S/C9H21NO2/c1-3-4-5-6-7-9(11)8-10(2)12/h9,11-12H,3-8H2,1-2H3. The van der Waals surface area contributed by atoms with E-state index in [1.165, 1.54) is 19.3 Å². The van der Waals surface area contributed by atoms with E-state index in [0.717, 1.165) is 17.9 Å². The van der Waals surface area contributed by atoms with Crippen molar-refractivity contribution < 1.29 is 10.3 Å². The maximum atomic E-state index is 9.32. The lowest BCUT2D eigenvalue weighted by Crippen LogP contribution is -2.26. The van der Waals surface area contributed by atoms with E-state index >= 15 is 0 Å². The number of hydroxylamine groups is 2. The maximum absolute atomic E-state index is 9.32. The third-order valence-corrected chi connectivity index (χ3v) is 1.87. The van der Waals surface area contributed by atoms with Crippen LogP contribution in [0.3, 0.4) is 0 Å². The van der Waals surface area contributed by atoms with Crippen molar-refractivity contribution >= 4 is 0 Å². The number of nitrogens with zero attached hydrogens (tertiary/aromatic N) is 1. The van der Waals surface area contributed by atoms with Crippen molar-refractivity contribution in [1.29, 1.82) is 0 Å². The molecule has 0 aliphatic carbocycles. The third kappa shape index (κ3) is 7.98. The second-order valence-electron chi connectivity index (χ2n) is 3.34. The van der Waals surface area contributed by atoms with E-state index in [2.05, 4.69) is 6.92 Å². The molecule has 0 amide bonds. The van der Waals surface area contributed by atoms with E-state index in [-0.39, 0.29) is 6.10 Å². The van der Waals surface area contributed by atoms with Crippen LogP contribution in [0.15, 0.2) is 0 Å². The Labute approximate surface area is 75.0 Å². The molecule has 0 aliphatic heterocycles. The first kappa shape index (κ1) is 11.9. The van der Waals surface area contributed by atoms with Gasteiger partial charge in [-0.05, 0) is 6.42 Å². The van der Waals surface area contributed by atoms with Crippen molar-refractivity contribution in [2.45, 2.75) is 45.1 Å². The summed E-state index contributed by atoms with van der Waals surface area (Å²) in [5.41, 5.74) is 0. The number of unbranched alkanes of at least 4 members (excludes halogenated alkanes) is 3. The maximum Gasteiger partial charge on any atom is 0.0690 e. The minimum absolute atomic E-state index is 0.353. The molecular weight excluding hydrogens is 154 g/mol. The fourth-order valence-corrected chi connectivity index (χ4v) is 1.20. The highest BCUT2D eigenvalue weighted by Crippen LogP contribution is 2.05. The average Bonchev–Trinajstić information content (AvgIpc) is 1.97. The van der Waals surface area contributed by atoms with Crippen molar-refractivity contribution in [3.8, 4) is 0 Å². The van der Waals surface area contributed by atoms with Crippen LogP contribution in [0.25, 0.3) is 0 Å². The molecule has 3 heteroatoms. The van der Waals surface area contributed by atoms with E-state index in [9.17, 15) is 5.11 Å². The van der Waals surface area contributed by atoms with Gasteiger partial charge in [-0.25, -0.2) is 0 Å². The number of rotatable bonds is 7. The third-order valence-electron chi connectivity index (χ3n) is 1.87. The summed E-state index contributed by atoms with van der Waals surface area (Å²) in [6.45, 7) is 2.52. The fraction of sp³-hybridized carbons (Fsp3) is 1.00. The van der Waals surface area contributed by atoms with Crippen LogP contribution in [0.1, 0.15) is 39.0 Å². The van der Waals surface area contributed by atoms with Crippen LogP contribution in [0, 0.1) is 0 Å². The van der Waals surface area contributed by atoms with Crippen LogP contribution >= 0.6 is 0 Å². The summed E-state index contributed by atoms with van der Waals surface area (Å²) in [6.07, 6.45) is 5.12. The molecule has 2 N–H and O–H groups in total. The number of hydrogen-bond acceptors (Lipinski definition) is 3. The SMILES string of the molecule is CCCCCCC(O)CN(C)O. The van der Waals surface area contributed by atoms with Crippen LogP contribution in [0.5, 0.6) is 0 Å². The van der Waals surface area contributed by atoms with Gasteiger partial charge in [0.25, 0.3) is 0 Å².